The van der Waals surface area contributed by atoms with Gasteiger partial charge in [0.1, 0.15) is 11.5 Å². The van der Waals surface area contributed by atoms with E-state index in [4.69, 9.17) is 16.3 Å². The summed E-state index contributed by atoms with van der Waals surface area (Å²) in [5, 5.41) is 1.39. The molecule has 0 bridgehead atoms. The second-order valence-corrected chi connectivity index (χ2v) is 5.17. The smallest absolute Gasteiger partial charge is 0.132 e. The van der Waals surface area contributed by atoms with Gasteiger partial charge in [0.05, 0.1) is 0 Å². The Morgan fingerprint density at radius 3 is 2.56 bits per heavy atom. The molecule has 0 heterocycles. The van der Waals surface area contributed by atoms with Crippen LogP contribution in [0.3, 0.4) is 0 Å². The van der Waals surface area contributed by atoms with Gasteiger partial charge in [-0.25, -0.2) is 0 Å². The van der Waals surface area contributed by atoms with Crippen molar-refractivity contribution in [1.29, 1.82) is 0 Å². The Kier molecular flexibility index (Phi) is 4.31. The van der Waals surface area contributed by atoms with Gasteiger partial charge in [-0.2, -0.15) is 0 Å². The minimum Gasteiger partial charge on any atom is -0.457 e. The van der Waals surface area contributed by atoms with Crippen molar-refractivity contribution < 1.29 is 4.74 Å². The molecule has 3 heteroatoms. The second-order valence-electron chi connectivity index (χ2n) is 4.20. The summed E-state index contributed by atoms with van der Waals surface area (Å²) in [4.78, 5) is 0. The Balaban J connectivity index is 2.34. The van der Waals surface area contributed by atoms with Crippen molar-refractivity contribution >= 4 is 27.5 Å². The van der Waals surface area contributed by atoms with Gasteiger partial charge < -0.3 is 4.74 Å². The van der Waals surface area contributed by atoms with E-state index >= 15 is 0 Å². The van der Waals surface area contributed by atoms with Crippen molar-refractivity contribution in [3.63, 3.8) is 0 Å². The standard InChI is InChI=1S/C15H14BrClO/c1-10-6-7-12(8-11(10)2)18-15-5-3-4-14(17)13(15)9-16/h3-8H,9H2,1-2H3. The zero-order valence-corrected chi connectivity index (χ0v) is 12.7. The number of alkyl halides is 1. The van der Waals surface area contributed by atoms with Crippen LogP contribution in [-0.2, 0) is 5.33 Å². The monoisotopic (exact) mass is 324 g/mol. The third kappa shape index (κ3) is 2.88. The summed E-state index contributed by atoms with van der Waals surface area (Å²) in [6, 6.07) is 11.8. The number of hydrogen-bond donors (Lipinski definition) is 0. The maximum Gasteiger partial charge on any atom is 0.132 e. The molecule has 1 nitrogen and oxygen atoms in total. The molecule has 0 aliphatic carbocycles. The van der Waals surface area contributed by atoms with Crippen LogP contribution in [0.1, 0.15) is 16.7 Å². The first kappa shape index (κ1) is 13.4. The van der Waals surface area contributed by atoms with Crippen molar-refractivity contribution in [3.05, 3.63) is 58.1 Å². The molecule has 0 spiro atoms. The first-order valence-corrected chi connectivity index (χ1v) is 7.20. The molecule has 2 aromatic rings. The third-order valence-corrected chi connectivity index (χ3v) is 3.83. The number of aryl methyl sites for hydroxylation is 2. The van der Waals surface area contributed by atoms with Gasteiger partial charge in [0, 0.05) is 15.9 Å². The lowest BCUT2D eigenvalue weighted by Gasteiger charge is -2.12. The molecule has 0 amide bonds. The number of ether oxygens (including phenoxy) is 1. The fourth-order valence-electron chi connectivity index (χ4n) is 1.67. The molecule has 0 aliphatic heterocycles. The summed E-state index contributed by atoms with van der Waals surface area (Å²) in [6.45, 7) is 4.16. The van der Waals surface area contributed by atoms with Gasteiger partial charge in [-0.1, -0.05) is 39.7 Å². The first-order valence-electron chi connectivity index (χ1n) is 5.70. The number of rotatable bonds is 3. The molecule has 0 atom stereocenters. The Morgan fingerprint density at radius 2 is 1.89 bits per heavy atom. The first-order chi connectivity index (χ1) is 8.61. The highest BCUT2D eigenvalue weighted by Crippen LogP contribution is 2.32. The molecule has 0 unspecified atom stereocenters. The van der Waals surface area contributed by atoms with Crippen molar-refractivity contribution in [2.45, 2.75) is 19.2 Å². The highest BCUT2D eigenvalue weighted by molar-refractivity contribution is 9.08. The molecular formula is C15H14BrClO. The Morgan fingerprint density at radius 1 is 1.11 bits per heavy atom. The minimum atomic E-state index is 0.673. The maximum absolute atomic E-state index is 6.14. The molecule has 0 saturated carbocycles. The molecule has 0 fully saturated rings. The van der Waals surface area contributed by atoms with Gasteiger partial charge in [-0.05, 0) is 49.2 Å². The quantitative estimate of drug-likeness (QED) is 0.663. The van der Waals surface area contributed by atoms with Gasteiger partial charge in [-0.15, -0.1) is 0 Å². The number of hydrogen-bond acceptors (Lipinski definition) is 1. The molecule has 0 N–H and O–H groups in total. The normalized spacial score (nSPS) is 10.4. The Hall–Kier alpha value is -0.990. The average molecular weight is 326 g/mol. The maximum atomic E-state index is 6.14. The highest BCUT2D eigenvalue weighted by atomic mass is 79.9. The fraction of sp³-hybridized carbons (Fsp3) is 0.200. The predicted molar refractivity (Wildman–Crippen MR) is 80.1 cm³/mol. The Labute approximate surface area is 121 Å². The van der Waals surface area contributed by atoms with Crippen LogP contribution in [0.4, 0.5) is 0 Å². The van der Waals surface area contributed by atoms with Gasteiger partial charge in [0.25, 0.3) is 0 Å². The van der Waals surface area contributed by atoms with Crippen LogP contribution in [-0.4, -0.2) is 0 Å². The number of halogens is 2. The zero-order chi connectivity index (χ0) is 13.1. The average Bonchev–Trinajstić information content (AvgIpc) is 2.34. The van der Waals surface area contributed by atoms with E-state index in [2.05, 4.69) is 35.8 Å². The SMILES string of the molecule is Cc1ccc(Oc2cccc(Cl)c2CBr)cc1C. The van der Waals surface area contributed by atoms with Crippen molar-refractivity contribution in [3.8, 4) is 11.5 Å². The lowest BCUT2D eigenvalue weighted by atomic mass is 10.1. The molecule has 2 aromatic carbocycles. The summed E-state index contributed by atoms with van der Waals surface area (Å²) in [7, 11) is 0. The van der Waals surface area contributed by atoms with Crippen LogP contribution >= 0.6 is 27.5 Å². The molecule has 0 aliphatic rings. The molecule has 0 saturated heterocycles. The van der Waals surface area contributed by atoms with Crippen LogP contribution < -0.4 is 4.74 Å². The molecule has 18 heavy (non-hydrogen) atoms. The van der Waals surface area contributed by atoms with Gasteiger partial charge in [-0.3, -0.25) is 0 Å². The van der Waals surface area contributed by atoms with E-state index in [1.54, 1.807) is 0 Å². The molecular weight excluding hydrogens is 312 g/mol. The van der Waals surface area contributed by atoms with E-state index < -0.39 is 0 Å². The van der Waals surface area contributed by atoms with E-state index in [9.17, 15) is 0 Å². The second kappa shape index (κ2) is 5.77. The van der Waals surface area contributed by atoms with E-state index in [1.165, 1.54) is 11.1 Å². The van der Waals surface area contributed by atoms with Gasteiger partial charge in [0.15, 0.2) is 0 Å². The highest BCUT2D eigenvalue weighted by Gasteiger charge is 2.08. The summed E-state index contributed by atoms with van der Waals surface area (Å²) in [5.74, 6) is 1.63. The van der Waals surface area contributed by atoms with E-state index in [1.807, 2.05) is 30.3 Å². The summed E-state index contributed by atoms with van der Waals surface area (Å²) < 4.78 is 5.90. The lowest BCUT2D eigenvalue weighted by Crippen LogP contribution is -1.91. The lowest BCUT2D eigenvalue weighted by molar-refractivity contribution is 0.478. The topological polar surface area (TPSA) is 9.23 Å². The van der Waals surface area contributed by atoms with Crippen LogP contribution in [0, 0.1) is 13.8 Å². The molecule has 0 aromatic heterocycles. The van der Waals surface area contributed by atoms with E-state index in [0.717, 1.165) is 17.1 Å². The van der Waals surface area contributed by atoms with Gasteiger partial charge >= 0.3 is 0 Å². The predicted octanol–water partition coefficient (Wildman–Crippen LogP) is 5.64. The molecule has 0 radical (unpaired) electrons. The largest absolute Gasteiger partial charge is 0.457 e. The van der Waals surface area contributed by atoms with E-state index in [0.29, 0.717) is 10.4 Å². The van der Waals surface area contributed by atoms with Crippen molar-refractivity contribution in [2.75, 3.05) is 0 Å². The fourth-order valence-corrected chi connectivity index (χ4v) is 2.64. The van der Waals surface area contributed by atoms with Crippen molar-refractivity contribution in [1.82, 2.24) is 0 Å². The van der Waals surface area contributed by atoms with Crippen LogP contribution in [0.5, 0.6) is 11.5 Å². The Bertz CT molecular complexity index is 566. The molecule has 94 valence electrons. The van der Waals surface area contributed by atoms with Crippen LogP contribution in [0.2, 0.25) is 5.02 Å². The van der Waals surface area contributed by atoms with Crippen LogP contribution in [0.25, 0.3) is 0 Å². The van der Waals surface area contributed by atoms with Crippen LogP contribution in [0.15, 0.2) is 36.4 Å². The minimum absolute atomic E-state index is 0.673. The third-order valence-electron chi connectivity index (χ3n) is 2.92. The van der Waals surface area contributed by atoms with E-state index in [-0.39, 0.29) is 0 Å². The summed E-state index contributed by atoms with van der Waals surface area (Å²) in [6.07, 6.45) is 0. The summed E-state index contributed by atoms with van der Waals surface area (Å²) >= 11 is 9.58. The molecule has 2 rings (SSSR count). The van der Waals surface area contributed by atoms with Crippen molar-refractivity contribution in [2.24, 2.45) is 0 Å². The zero-order valence-electron chi connectivity index (χ0n) is 10.3. The van der Waals surface area contributed by atoms with Gasteiger partial charge in [0.2, 0.25) is 0 Å². The number of benzene rings is 2. The summed E-state index contributed by atoms with van der Waals surface area (Å²) in [5.41, 5.74) is 3.45.